The van der Waals surface area contributed by atoms with E-state index in [9.17, 15) is 13.2 Å². The number of nitrogens with one attached hydrogen (secondary N) is 1. The van der Waals surface area contributed by atoms with Crippen molar-refractivity contribution in [1.29, 1.82) is 0 Å². The van der Waals surface area contributed by atoms with Gasteiger partial charge in [-0.15, -0.1) is 0 Å². The lowest BCUT2D eigenvalue weighted by atomic mass is 10.1. The number of sulfonamides is 1. The second kappa shape index (κ2) is 5.75. The Morgan fingerprint density at radius 2 is 1.86 bits per heavy atom. The van der Waals surface area contributed by atoms with E-state index in [1.165, 1.54) is 4.31 Å². The summed E-state index contributed by atoms with van der Waals surface area (Å²) in [7, 11) is -3.74. The van der Waals surface area contributed by atoms with Crippen LogP contribution in [0.15, 0.2) is 17.0 Å². The maximum Gasteiger partial charge on any atom is 0.244 e. The van der Waals surface area contributed by atoms with Gasteiger partial charge in [0, 0.05) is 19.6 Å². The zero-order valence-corrected chi connectivity index (χ0v) is 13.3. The first kappa shape index (κ1) is 15.9. The zero-order valence-electron chi connectivity index (χ0n) is 12.5. The number of nitrogens with two attached hydrogens (primary N) is 1. The Bertz CT molecular complexity index is 647. The van der Waals surface area contributed by atoms with E-state index in [1.54, 1.807) is 13.8 Å². The van der Waals surface area contributed by atoms with Crippen LogP contribution in [0, 0.1) is 20.8 Å². The Labute approximate surface area is 125 Å². The Morgan fingerprint density at radius 1 is 1.29 bits per heavy atom. The third kappa shape index (κ3) is 2.95. The number of rotatable bonds is 3. The van der Waals surface area contributed by atoms with Crippen LogP contribution >= 0.6 is 0 Å². The van der Waals surface area contributed by atoms with Crippen LogP contribution in [0.25, 0.3) is 0 Å². The molecule has 7 heteroatoms. The highest BCUT2D eigenvalue weighted by Gasteiger charge is 2.37. The number of carbonyl (C=O) groups excluding carboxylic acids is 1. The molecule has 1 amide bonds. The van der Waals surface area contributed by atoms with Gasteiger partial charge < -0.3 is 11.1 Å². The molecule has 0 aromatic heterocycles. The molecular formula is C14H21N3O3S. The van der Waals surface area contributed by atoms with Gasteiger partial charge in [0.15, 0.2) is 0 Å². The minimum absolute atomic E-state index is 0.239. The predicted molar refractivity (Wildman–Crippen MR) is 80.4 cm³/mol. The molecule has 1 heterocycles. The van der Waals surface area contributed by atoms with Gasteiger partial charge in [0.25, 0.3) is 0 Å². The molecule has 0 bridgehead atoms. The molecule has 1 saturated heterocycles. The number of carbonyl (C=O) groups is 1. The van der Waals surface area contributed by atoms with E-state index in [2.05, 4.69) is 5.32 Å². The fourth-order valence-corrected chi connectivity index (χ4v) is 4.92. The molecule has 3 N–H and O–H groups in total. The highest BCUT2D eigenvalue weighted by atomic mass is 32.2. The van der Waals surface area contributed by atoms with Crippen molar-refractivity contribution in [2.45, 2.75) is 31.7 Å². The van der Waals surface area contributed by atoms with Crippen molar-refractivity contribution in [3.63, 3.8) is 0 Å². The molecule has 0 spiro atoms. The lowest BCUT2D eigenvalue weighted by Crippen LogP contribution is -2.58. The molecule has 1 fully saturated rings. The Kier molecular flexibility index (Phi) is 4.36. The number of nitrogens with zero attached hydrogens (tertiary/aromatic N) is 1. The first-order chi connectivity index (χ1) is 9.75. The number of primary amides is 1. The molecule has 1 unspecified atom stereocenters. The van der Waals surface area contributed by atoms with Crippen LogP contribution in [0.5, 0.6) is 0 Å². The van der Waals surface area contributed by atoms with E-state index in [-0.39, 0.29) is 18.0 Å². The minimum Gasteiger partial charge on any atom is -0.368 e. The van der Waals surface area contributed by atoms with Crippen LogP contribution in [-0.2, 0) is 14.8 Å². The zero-order chi connectivity index (χ0) is 15.8. The average molecular weight is 311 g/mol. The van der Waals surface area contributed by atoms with Crippen LogP contribution in [-0.4, -0.2) is 44.3 Å². The van der Waals surface area contributed by atoms with Gasteiger partial charge in [-0.25, -0.2) is 8.42 Å². The summed E-state index contributed by atoms with van der Waals surface area (Å²) in [5.41, 5.74) is 7.74. The van der Waals surface area contributed by atoms with Gasteiger partial charge in [-0.1, -0.05) is 17.7 Å². The maximum atomic E-state index is 12.9. The summed E-state index contributed by atoms with van der Waals surface area (Å²) < 4.78 is 27.1. The van der Waals surface area contributed by atoms with E-state index in [1.807, 2.05) is 19.1 Å². The maximum absolute atomic E-state index is 12.9. The summed E-state index contributed by atoms with van der Waals surface area (Å²) in [6, 6.07) is 2.83. The molecule has 1 aromatic rings. The topological polar surface area (TPSA) is 92.5 Å². The summed E-state index contributed by atoms with van der Waals surface area (Å²) in [6.45, 7) is 6.46. The first-order valence-corrected chi connectivity index (χ1v) is 8.29. The molecule has 1 aliphatic rings. The van der Waals surface area contributed by atoms with Crippen molar-refractivity contribution in [3.05, 3.63) is 28.8 Å². The molecular weight excluding hydrogens is 290 g/mol. The number of benzene rings is 1. The van der Waals surface area contributed by atoms with Crippen molar-refractivity contribution < 1.29 is 13.2 Å². The smallest absolute Gasteiger partial charge is 0.244 e. The van der Waals surface area contributed by atoms with E-state index >= 15 is 0 Å². The average Bonchev–Trinajstić information content (AvgIpc) is 2.37. The van der Waals surface area contributed by atoms with Gasteiger partial charge in [0.05, 0.1) is 4.90 Å². The van der Waals surface area contributed by atoms with Crippen LogP contribution in [0.2, 0.25) is 0 Å². The highest BCUT2D eigenvalue weighted by Crippen LogP contribution is 2.26. The van der Waals surface area contributed by atoms with Gasteiger partial charge >= 0.3 is 0 Å². The summed E-state index contributed by atoms with van der Waals surface area (Å²) >= 11 is 0. The number of aryl methyl sites for hydroxylation is 3. The molecule has 1 aromatic carbocycles. The molecule has 1 atom stereocenters. The molecule has 1 aliphatic heterocycles. The SMILES string of the molecule is Cc1cc(C)c(S(=O)(=O)N2CCNCC2C(N)=O)c(C)c1. The van der Waals surface area contributed by atoms with Crippen molar-refractivity contribution in [2.75, 3.05) is 19.6 Å². The Balaban J connectivity index is 2.53. The van der Waals surface area contributed by atoms with Crippen LogP contribution < -0.4 is 11.1 Å². The largest absolute Gasteiger partial charge is 0.368 e. The summed E-state index contributed by atoms with van der Waals surface area (Å²) in [6.07, 6.45) is 0. The van der Waals surface area contributed by atoms with Crippen molar-refractivity contribution in [3.8, 4) is 0 Å². The van der Waals surface area contributed by atoms with Crippen molar-refractivity contribution >= 4 is 15.9 Å². The Hall–Kier alpha value is -1.44. The standard InChI is InChI=1S/C14H21N3O3S/c1-9-6-10(2)13(11(3)7-9)21(19,20)17-5-4-16-8-12(17)14(15)18/h6-7,12,16H,4-5,8H2,1-3H3,(H2,15,18). The molecule has 0 saturated carbocycles. The monoisotopic (exact) mass is 311 g/mol. The number of amides is 1. The Morgan fingerprint density at radius 3 is 2.38 bits per heavy atom. The molecule has 116 valence electrons. The summed E-state index contributed by atoms with van der Waals surface area (Å²) in [5.74, 6) is -0.631. The van der Waals surface area contributed by atoms with Gasteiger partial charge in [-0.05, 0) is 31.9 Å². The van der Waals surface area contributed by atoms with Gasteiger partial charge in [-0.2, -0.15) is 4.31 Å². The van der Waals surface area contributed by atoms with E-state index in [4.69, 9.17) is 5.73 Å². The van der Waals surface area contributed by atoms with E-state index < -0.39 is 22.0 Å². The third-order valence-corrected chi connectivity index (χ3v) is 5.91. The van der Waals surface area contributed by atoms with E-state index in [0.717, 1.165) is 5.56 Å². The second-order valence-corrected chi connectivity index (χ2v) is 7.29. The van der Waals surface area contributed by atoms with Crippen molar-refractivity contribution in [1.82, 2.24) is 9.62 Å². The number of piperazine rings is 1. The fraction of sp³-hybridized carbons (Fsp3) is 0.500. The lowest BCUT2D eigenvalue weighted by molar-refractivity contribution is -0.122. The molecule has 2 rings (SSSR count). The van der Waals surface area contributed by atoms with Crippen LogP contribution in [0.1, 0.15) is 16.7 Å². The number of hydrogen-bond acceptors (Lipinski definition) is 4. The third-order valence-electron chi connectivity index (χ3n) is 3.69. The van der Waals surface area contributed by atoms with Crippen LogP contribution in [0.4, 0.5) is 0 Å². The van der Waals surface area contributed by atoms with Gasteiger partial charge in [0.1, 0.15) is 6.04 Å². The fourth-order valence-electron chi connectivity index (χ4n) is 2.91. The van der Waals surface area contributed by atoms with Crippen LogP contribution in [0.3, 0.4) is 0 Å². The van der Waals surface area contributed by atoms with Gasteiger partial charge in [-0.3, -0.25) is 4.79 Å². The predicted octanol–water partition coefficient (Wildman–Crippen LogP) is 0.0597. The highest BCUT2D eigenvalue weighted by molar-refractivity contribution is 7.89. The summed E-state index contributed by atoms with van der Waals surface area (Å²) in [5, 5.41) is 3.00. The lowest BCUT2D eigenvalue weighted by Gasteiger charge is -2.33. The summed E-state index contributed by atoms with van der Waals surface area (Å²) in [4.78, 5) is 11.8. The molecule has 6 nitrogen and oxygen atoms in total. The van der Waals surface area contributed by atoms with E-state index in [0.29, 0.717) is 17.7 Å². The minimum atomic E-state index is -3.74. The first-order valence-electron chi connectivity index (χ1n) is 6.85. The molecule has 21 heavy (non-hydrogen) atoms. The van der Waals surface area contributed by atoms with Gasteiger partial charge in [0.2, 0.25) is 15.9 Å². The van der Waals surface area contributed by atoms with Crippen molar-refractivity contribution in [2.24, 2.45) is 5.73 Å². The second-order valence-electron chi connectivity index (χ2n) is 5.47. The quantitative estimate of drug-likeness (QED) is 0.825. The molecule has 0 radical (unpaired) electrons. The number of hydrogen-bond donors (Lipinski definition) is 2. The molecule has 0 aliphatic carbocycles. The normalized spacial score (nSPS) is 20.4.